The van der Waals surface area contributed by atoms with Gasteiger partial charge in [-0.15, -0.1) is 11.3 Å². The molecule has 3 aromatic heterocycles. The third-order valence-corrected chi connectivity index (χ3v) is 4.07. The molecule has 0 fully saturated rings. The smallest absolute Gasteiger partial charge is 0.258 e. The molecule has 0 aliphatic rings. The molecule has 3 rings (SSSR count). The SMILES string of the molecule is Cc1cn2cc(C(=O)Nc3nc(C)c(C)s3)ccc2n1. The van der Waals surface area contributed by atoms with Crippen LogP contribution < -0.4 is 5.32 Å². The summed E-state index contributed by atoms with van der Waals surface area (Å²) in [5, 5.41) is 3.46. The van der Waals surface area contributed by atoms with Gasteiger partial charge >= 0.3 is 0 Å². The van der Waals surface area contributed by atoms with Crippen LogP contribution in [0.25, 0.3) is 5.65 Å². The van der Waals surface area contributed by atoms with Crippen LogP contribution in [0.3, 0.4) is 0 Å². The van der Waals surface area contributed by atoms with Gasteiger partial charge in [-0.1, -0.05) is 0 Å². The Morgan fingerprint density at radius 1 is 1.20 bits per heavy atom. The van der Waals surface area contributed by atoms with Crippen LogP contribution in [0.2, 0.25) is 0 Å². The van der Waals surface area contributed by atoms with Crippen molar-refractivity contribution in [3.8, 4) is 0 Å². The summed E-state index contributed by atoms with van der Waals surface area (Å²) in [5.74, 6) is -0.160. The average Bonchev–Trinajstić information content (AvgIpc) is 2.90. The zero-order valence-electron chi connectivity index (χ0n) is 11.5. The van der Waals surface area contributed by atoms with E-state index in [0.29, 0.717) is 10.7 Å². The molecule has 3 aromatic rings. The number of carbonyl (C=O) groups excluding carboxylic acids is 1. The number of anilines is 1. The summed E-state index contributed by atoms with van der Waals surface area (Å²) >= 11 is 1.48. The lowest BCUT2D eigenvalue weighted by molar-refractivity contribution is 0.102. The van der Waals surface area contributed by atoms with Crippen molar-refractivity contribution in [3.05, 3.63) is 46.4 Å². The number of nitrogens with zero attached hydrogens (tertiary/aromatic N) is 3. The van der Waals surface area contributed by atoms with Crippen molar-refractivity contribution in [2.45, 2.75) is 20.8 Å². The molecule has 0 radical (unpaired) electrons. The Hall–Kier alpha value is -2.21. The molecule has 20 heavy (non-hydrogen) atoms. The quantitative estimate of drug-likeness (QED) is 0.788. The summed E-state index contributed by atoms with van der Waals surface area (Å²) in [6, 6.07) is 3.60. The Balaban J connectivity index is 1.88. The number of nitrogens with one attached hydrogen (secondary N) is 1. The first kappa shape index (κ1) is 12.8. The van der Waals surface area contributed by atoms with Gasteiger partial charge in [-0.05, 0) is 32.9 Å². The molecule has 1 N–H and O–H groups in total. The average molecular weight is 286 g/mol. The second-order valence-electron chi connectivity index (χ2n) is 4.68. The predicted molar refractivity (Wildman–Crippen MR) is 79.5 cm³/mol. The number of fused-ring (bicyclic) bond motifs is 1. The number of hydrogen-bond donors (Lipinski definition) is 1. The number of pyridine rings is 1. The molecule has 0 saturated heterocycles. The van der Waals surface area contributed by atoms with E-state index in [9.17, 15) is 4.79 Å². The van der Waals surface area contributed by atoms with Crippen molar-refractivity contribution >= 4 is 28.0 Å². The fourth-order valence-corrected chi connectivity index (χ4v) is 2.76. The molecule has 0 saturated carbocycles. The van der Waals surface area contributed by atoms with E-state index in [1.54, 1.807) is 12.3 Å². The number of rotatable bonds is 2. The summed E-state index contributed by atoms with van der Waals surface area (Å²) in [4.78, 5) is 22.0. The van der Waals surface area contributed by atoms with E-state index in [-0.39, 0.29) is 5.91 Å². The Bertz CT molecular complexity index is 783. The first-order valence-electron chi connectivity index (χ1n) is 6.23. The Labute approximate surface area is 120 Å². The van der Waals surface area contributed by atoms with Crippen LogP contribution in [0.1, 0.15) is 26.6 Å². The van der Waals surface area contributed by atoms with Gasteiger partial charge in [-0.25, -0.2) is 9.97 Å². The van der Waals surface area contributed by atoms with Crippen LogP contribution in [0.5, 0.6) is 0 Å². The summed E-state index contributed by atoms with van der Waals surface area (Å²) in [7, 11) is 0. The number of aryl methyl sites for hydroxylation is 3. The predicted octanol–water partition coefficient (Wildman–Crippen LogP) is 2.97. The Kier molecular flexibility index (Phi) is 3.02. The number of hydrogen-bond acceptors (Lipinski definition) is 4. The Morgan fingerprint density at radius 3 is 2.70 bits per heavy atom. The second-order valence-corrected chi connectivity index (χ2v) is 5.88. The van der Waals surface area contributed by atoms with Crippen molar-refractivity contribution in [3.63, 3.8) is 0 Å². The molecule has 0 aliphatic heterocycles. The van der Waals surface area contributed by atoms with Crippen molar-refractivity contribution in [1.29, 1.82) is 0 Å². The number of carbonyl (C=O) groups is 1. The van der Waals surface area contributed by atoms with Crippen LogP contribution >= 0.6 is 11.3 Å². The van der Waals surface area contributed by atoms with Crippen molar-refractivity contribution in [1.82, 2.24) is 14.4 Å². The maximum atomic E-state index is 12.2. The van der Waals surface area contributed by atoms with Crippen LogP contribution in [-0.4, -0.2) is 20.3 Å². The van der Waals surface area contributed by atoms with Gasteiger partial charge in [0, 0.05) is 17.3 Å². The summed E-state index contributed by atoms with van der Waals surface area (Å²) in [6.07, 6.45) is 3.67. The van der Waals surface area contributed by atoms with Gasteiger partial charge in [0.05, 0.1) is 17.0 Å². The highest BCUT2D eigenvalue weighted by Gasteiger charge is 2.11. The topological polar surface area (TPSA) is 59.3 Å². The van der Waals surface area contributed by atoms with Gasteiger partial charge in [0.2, 0.25) is 0 Å². The fraction of sp³-hybridized carbons (Fsp3) is 0.214. The van der Waals surface area contributed by atoms with E-state index in [0.717, 1.165) is 21.9 Å². The van der Waals surface area contributed by atoms with E-state index in [1.807, 2.05) is 37.4 Å². The number of imidazole rings is 1. The molecule has 1 amide bonds. The number of aromatic nitrogens is 3. The molecule has 0 bridgehead atoms. The minimum atomic E-state index is -0.160. The highest BCUT2D eigenvalue weighted by Crippen LogP contribution is 2.21. The molecule has 0 aromatic carbocycles. The van der Waals surface area contributed by atoms with Crippen LogP contribution in [0.4, 0.5) is 5.13 Å². The van der Waals surface area contributed by atoms with Crippen molar-refractivity contribution in [2.75, 3.05) is 5.32 Å². The fourth-order valence-electron chi connectivity index (χ4n) is 1.95. The third-order valence-electron chi connectivity index (χ3n) is 3.08. The minimum absolute atomic E-state index is 0.160. The number of amides is 1. The van der Waals surface area contributed by atoms with Gasteiger partial charge < -0.3 is 4.40 Å². The first-order valence-corrected chi connectivity index (χ1v) is 7.05. The first-order chi connectivity index (χ1) is 9.52. The van der Waals surface area contributed by atoms with Gasteiger partial charge in [-0.2, -0.15) is 0 Å². The van der Waals surface area contributed by atoms with E-state index in [1.165, 1.54) is 11.3 Å². The molecular formula is C14H14N4OS. The lowest BCUT2D eigenvalue weighted by atomic mass is 10.2. The summed E-state index contributed by atoms with van der Waals surface area (Å²) < 4.78 is 1.85. The van der Waals surface area contributed by atoms with E-state index < -0.39 is 0 Å². The molecule has 0 unspecified atom stereocenters. The molecule has 0 atom stereocenters. The molecule has 3 heterocycles. The van der Waals surface area contributed by atoms with Gasteiger partial charge in [0.25, 0.3) is 5.91 Å². The van der Waals surface area contributed by atoms with E-state index >= 15 is 0 Å². The molecule has 0 spiro atoms. The largest absolute Gasteiger partial charge is 0.306 e. The van der Waals surface area contributed by atoms with Gasteiger partial charge in [-0.3, -0.25) is 10.1 Å². The molecule has 0 aliphatic carbocycles. The minimum Gasteiger partial charge on any atom is -0.306 e. The third kappa shape index (κ3) is 2.30. The standard InChI is InChI=1S/C14H14N4OS/c1-8-6-18-7-11(4-5-12(18)15-8)13(19)17-14-16-9(2)10(3)20-14/h4-7H,1-3H3,(H,16,17,19). The summed E-state index contributed by atoms with van der Waals surface area (Å²) in [6.45, 7) is 5.85. The zero-order valence-corrected chi connectivity index (χ0v) is 12.3. The van der Waals surface area contributed by atoms with E-state index in [4.69, 9.17) is 0 Å². The van der Waals surface area contributed by atoms with E-state index in [2.05, 4.69) is 15.3 Å². The maximum absolute atomic E-state index is 12.2. The second kappa shape index (κ2) is 4.72. The van der Waals surface area contributed by atoms with Gasteiger partial charge in [0.15, 0.2) is 5.13 Å². The lowest BCUT2D eigenvalue weighted by Crippen LogP contribution is -2.12. The summed E-state index contributed by atoms with van der Waals surface area (Å²) in [5.41, 5.74) is 3.29. The number of thiazole rings is 1. The van der Waals surface area contributed by atoms with Crippen LogP contribution in [0.15, 0.2) is 24.5 Å². The monoisotopic (exact) mass is 286 g/mol. The normalized spacial score (nSPS) is 10.9. The lowest BCUT2D eigenvalue weighted by Gasteiger charge is -2.02. The highest BCUT2D eigenvalue weighted by molar-refractivity contribution is 7.15. The van der Waals surface area contributed by atoms with Crippen molar-refractivity contribution in [2.24, 2.45) is 0 Å². The molecule has 5 nitrogen and oxygen atoms in total. The Morgan fingerprint density at radius 2 is 2.00 bits per heavy atom. The van der Waals surface area contributed by atoms with Gasteiger partial charge in [0.1, 0.15) is 5.65 Å². The molecule has 102 valence electrons. The highest BCUT2D eigenvalue weighted by atomic mass is 32.1. The van der Waals surface area contributed by atoms with Crippen LogP contribution in [0, 0.1) is 20.8 Å². The van der Waals surface area contributed by atoms with Crippen LogP contribution in [-0.2, 0) is 0 Å². The molecular weight excluding hydrogens is 272 g/mol. The zero-order chi connectivity index (χ0) is 14.3. The van der Waals surface area contributed by atoms with Crippen molar-refractivity contribution < 1.29 is 4.79 Å². The molecule has 6 heteroatoms. The maximum Gasteiger partial charge on any atom is 0.258 e.